The van der Waals surface area contributed by atoms with Gasteiger partial charge in [-0.05, 0) is 43.7 Å². The molecule has 0 spiro atoms. The van der Waals surface area contributed by atoms with Crippen LogP contribution >= 0.6 is 0 Å². The van der Waals surface area contributed by atoms with Crippen LogP contribution in [0.3, 0.4) is 0 Å². The van der Waals surface area contributed by atoms with Crippen LogP contribution in [0.25, 0.3) is 0 Å². The molecule has 2 rings (SSSR count). The number of carbonyl (C=O) groups is 1. The zero-order valence-corrected chi connectivity index (χ0v) is 11.4. The number of nitro groups is 1. The van der Waals surface area contributed by atoms with Crippen molar-refractivity contribution in [1.29, 1.82) is 0 Å². The SMILES string of the molecule is Cc1ccc(F)cc1C(=O)Oc1ccc([N+](=O)[O-])c(C)c1. The molecule has 0 saturated carbocycles. The van der Waals surface area contributed by atoms with E-state index in [2.05, 4.69) is 0 Å². The molecular weight excluding hydrogens is 277 g/mol. The molecule has 2 aromatic carbocycles. The quantitative estimate of drug-likeness (QED) is 0.375. The number of hydrogen-bond acceptors (Lipinski definition) is 4. The minimum atomic E-state index is -0.708. The van der Waals surface area contributed by atoms with Gasteiger partial charge in [0.1, 0.15) is 11.6 Å². The Morgan fingerprint density at radius 1 is 1.14 bits per heavy atom. The van der Waals surface area contributed by atoms with Crippen molar-refractivity contribution in [3.05, 3.63) is 69.0 Å². The van der Waals surface area contributed by atoms with E-state index in [1.165, 1.54) is 30.3 Å². The lowest BCUT2D eigenvalue weighted by Gasteiger charge is -2.07. The van der Waals surface area contributed by atoms with Gasteiger partial charge in [0.2, 0.25) is 0 Å². The molecule has 21 heavy (non-hydrogen) atoms. The predicted molar refractivity (Wildman–Crippen MR) is 73.9 cm³/mol. The van der Waals surface area contributed by atoms with E-state index < -0.39 is 16.7 Å². The van der Waals surface area contributed by atoms with Crippen molar-refractivity contribution in [3.63, 3.8) is 0 Å². The summed E-state index contributed by atoms with van der Waals surface area (Å²) < 4.78 is 18.3. The summed E-state index contributed by atoms with van der Waals surface area (Å²) in [5, 5.41) is 10.7. The van der Waals surface area contributed by atoms with Crippen molar-refractivity contribution in [2.24, 2.45) is 0 Å². The summed E-state index contributed by atoms with van der Waals surface area (Å²) in [4.78, 5) is 22.2. The van der Waals surface area contributed by atoms with Gasteiger partial charge >= 0.3 is 5.97 Å². The molecule has 0 aliphatic heterocycles. The summed E-state index contributed by atoms with van der Waals surface area (Å²) in [6.07, 6.45) is 0. The standard InChI is InChI=1S/C15H12FNO4/c1-9-3-4-11(16)8-13(9)15(18)21-12-5-6-14(17(19)20)10(2)7-12/h3-8H,1-2H3. The number of rotatable bonds is 3. The Bertz CT molecular complexity index is 728. The van der Waals surface area contributed by atoms with E-state index >= 15 is 0 Å². The molecule has 5 nitrogen and oxygen atoms in total. The number of esters is 1. The van der Waals surface area contributed by atoms with Crippen LogP contribution in [0.2, 0.25) is 0 Å². The van der Waals surface area contributed by atoms with Crippen molar-refractivity contribution < 1.29 is 18.8 Å². The summed E-state index contributed by atoms with van der Waals surface area (Å²) >= 11 is 0. The number of halogens is 1. The van der Waals surface area contributed by atoms with Crippen molar-refractivity contribution in [1.82, 2.24) is 0 Å². The average Bonchev–Trinajstić information content (AvgIpc) is 2.41. The van der Waals surface area contributed by atoms with Gasteiger partial charge in [0.25, 0.3) is 5.69 Å². The third-order valence-electron chi connectivity index (χ3n) is 3.00. The molecule has 0 aliphatic rings. The fourth-order valence-electron chi connectivity index (χ4n) is 1.87. The fourth-order valence-corrected chi connectivity index (χ4v) is 1.87. The zero-order chi connectivity index (χ0) is 15.6. The Hall–Kier alpha value is -2.76. The van der Waals surface area contributed by atoms with Crippen LogP contribution in [0.15, 0.2) is 36.4 Å². The lowest BCUT2D eigenvalue weighted by atomic mass is 10.1. The number of aryl methyl sites for hydroxylation is 2. The van der Waals surface area contributed by atoms with Gasteiger partial charge in [-0.3, -0.25) is 10.1 Å². The molecule has 0 N–H and O–H groups in total. The first kappa shape index (κ1) is 14.6. The Morgan fingerprint density at radius 2 is 1.86 bits per heavy atom. The van der Waals surface area contributed by atoms with E-state index in [0.29, 0.717) is 11.1 Å². The third kappa shape index (κ3) is 3.22. The van der Waals surface area contributed by atoms with Gasteiger partial charge in [-0.15, -0.1) is 0 Å². The van der Waals surface area contributed by atoms with E-state index in [-0.39, 0.29) is 17.0 Å². The summed E-state index contributed by atoms with van der Waals surface area (Å²) in [6, 6.07) is 7.81. The maximum Gasteiger partial charge on any atom is 0.343 e. The number of benzene rings is 2. The Labute approximate surface area is 120 Å². The van der Waals surface area contributed by atoms with E-state index in [9.17, 15) is 19.3 Å². The third-order valence-corrected chi connectivity index (χ3v) is 3.00. The largest absolute Gasteiger partial charge is 0.423 e. The van der Waals surface area contributed by atoms with Gasteiger partial charge in [0.15, 0.2) is 0 Å². The van der Waals surface area contributed by atoms with Gasteiger partial charge in [0, 0.05) is 11.6 Å². The van der Waals surface area contributed by atoms with E-state index in [1.807, 2.05) is 0 Å². The van der Waals surface area contributed by atoms with Crippen molar-refractivity contribution in [2.45, 2.75) is 13.8 Å². The number of nitrogens with zero attached hydrogens (tertiary/aromatic N) is 1. The van der Waals surface area contributed by atoms with Crippen LogP contribution in [0, 0.1) is 29.8 Å². The van der Waals surface area contributed by atoms with Gasteiger partial charge in [-0.1, -0.05) is 6.07 Å². The Balaban J connectivity index is 2.26. The first-order valence-corrected chi connectivity index (χ1v) is 6.12. The van der Waals surface area contributed by atoms with E-state index in [0.717, 1.165) is 6.07 Å². The maximum absolute atomic E-state index is 13.2. The zero-order valence-electron chi connectivity index (χ0n) is 11.4. The predicted octanol–water partition coefficient (Wildman–Crippen LogP) is 3.57. The fraction of sp³-hybridized carbons (Fsp3) is 0.133. The summed E-state index contributed by atoms with van der Waals surface area (Å²) in [7, 11) is 0. The minimum absolute atomic E-state index is 0.0586. The lowest BCUT2D eigenvalue weighted by molar-refractivity contribution is -0.385. The monoisotopic (exact) mass is 289 g/mol. The smallest absolute Gasteiger partial charge is 0.343 e. The molecule has 0 atom stereocenters. The molecule has 108 valence electrons. The van der Waals surface area contributed by atoms with Crippen LogP contribution in [-0.2, 0) is 0 Å². The van der Waals surface area contributed by atoms with Crippen LogP contribution in [0.5, 0.6) is 5.75 Å². The summed E-state index contributed by atoms with van der Waals surface area (Å²) in [5.74, 6) is -1.07. The van der Waals surface area contributed by atoms with Crippen molar-refractivity contribution in [2.75, 3.05) is 0 Å². The van der Waals surface area contributed by atoms with E-state index in [1.54, 1.807) is 13.8 Å². The lowest BCUT2D eigenvalue weighted by Crippen LogP contribution is -2.11. The number of hydrogen-bond donors (Lipinski definition) is 0. The highest BCUT2D eigenvalue weighted by Crippen LogP contribution is 2.24. The maximum atomic E-state index is 13.2. The van der Waals surface area contributed by atoms with Gasteiger partial charge in [-0.25, -0.2) is 9.18 Å². The molecule has 0 aromatic heterocycles. The Morgan fingerprint density at radius 3 is 2.48 bits per heavy atom. The second-order valence-electron chi connectivity index (χ2n) is 4.55. The average molecular weight is 289 g/mol. The van der Waals surface area contributed by atoms with E-state index in [4.69, 9.17) is 4.74 Å². The van der Waals surface area contributed by atoms with Crippen LogP contribution in [-0.4, -0.2) is 10.9 Å². The van der Waals surface area contributed by atoms with Crippen LogP contribution in [0.4, 0.5) is 10.1 Å². The number of ether oxygens (including phenoxy) is 1. The first-order valence-electron chi connectivity index (χ1n) is 6.12. The number of carbonyl (C=O) groups excluding carboxylic acids is 1. The molecule has 6 heteroatoms. The van der Waals surface area contributed by atoms with Gasteiger partial charge in [-0.2, -0.15) is 0 Å². The minimum Gasteiger partial charge on any atom is -0.423 e. The molecule has 0 unspecified atom stereocenters. The topological polar surface area (TPSA) is 69.4 Å². The highest BCUT2D eigenvalue weighted by molar-refractivity contribution is 5.92. The van der Waals surface area contributed by atoms with Crippen LogP contribution in [0.1, 0.15) is 21.5 Å². The number of nitro benzene ring substituents is 1. The summed E-state index contributed by atoms with van der Waals surface area (Å²) in [6.45, 7) is 3.21. The molecule has 0 radical (unpaired) electrons. The summed E-state index contributed by atoms with van der Waals surface area (Å²) in [5.41, 5.74) is 1.02. The molecule has 0 saturated heterocycles. The molecule has 0 aliphatic carbocycles. The highest BCUT2D eigenvalue weighted by atomic mass is 19.1. The molecule has 2 aromatic rings. The normalized spacial score (nSPS) is 10.2. The highest BCUT2D eigenvalue weighted by Gasteiger charge is 2.15. The molecule has 0 heterocycles. The van der Waals surface area contributed by atoms with Gasteiger partial charge < -0.3 is 4.74 Å². The van der Waals surface area contributed by atoms with Crippen LogP contribution < -0.4 is 4.74 Å². The molecular formula is C15H12FNO4. The molecule has 0 bridgehead atoms. The molecule has 0 fully saturated rings. The van der Waals surface area contributed by atoms with Gasteiger partial charge in [0.05, 0.1) is 10.5 Å². The molecule has 0 amide bonds. The second kappa shape index (κ2) is 5.70. The first-order chi connectivity index (χ1) is 9.88. The second-order valence-corrected chi connectivity index (χ2v) is 4.55. The van der Waals surface area contributed by atoms with Crippen molar-refractivity contribution >= 4 is 11.7 Å². The Kier molecular flexibility index (Phi) is 3.98. The van der Waals surface area contributed by atoms with Crippen molar-refractivity contribution in [3.8, 4) is 5.75 Å².